The van der Waals surface area contributed by atoms with Crippen LogP contribution in [0.3, 0.4) is 0 Å². The molecule has 0 aliphatic rings. The van der Waals surface area contributed by atoms with E-state index in [1.807, 2.05) is 12.1 Å². The molecule has 0 saturated carbocycles. The topological polar surface area (TPSA) is 40.5 Å². The van der Waals surface area contributed by atoms with Crippen molar-refractivity contribution in [2.45, 2.75) is 85.5 Å². The van der Waals surface area contributed by atoms with E-state index in [4.69, 9.17) is 0 Å². The van der Waals surface area contributed by atoms with Gasteiger partial charge in [0.05, 0.1) is 0 Å². The average molecular weight is 369 g/mol. The van der Waals surface area contributed by atoms with E-state index in [9.17, 15) is 10.2 Å². The maximum Gasteiger partial charge on any atom is 0.119 e. The molecule has 2 N–H and O–H groups in total. The molecule has 0 unspecified atom stereocenters. The lowest BCUT2D eigenvalue weighted by Crippen LogP contribution is -2.05. The van der Waals surface area contributed by atoms with E-state index in [1.54, 1.807) is 0 Å². The third-order valence-electron chi connectivity index (χ3n) is 5.50. The van der Waals surface area contributed by atoms with E-state index in [0.717, 1.165) is 22.3 Å². The van der Waals surface area contributed by atoms with Crippen molar-refractivity contribution in [3.05, 3.63) is 57.6 Å². The van der Waals surface area contributed by atoms with Crippen molar-refractivity contribution in [1.29, 1.82) is 0 Å². The minimum Gasteiger partial charge on any atom is -0.508 e. The molecule has 2 aromatic rings. The quantitative estimate of drug-likeness (QED) is 0.567. The molecule has 0 saturated heterocycles. The molecule has 0 heterocycles. The lowest BCUT2D eigenvalue weighted by Gasteiger charge is -2.22. The Bertz CT molecular complexity index is 731. The van der Waals surface area contributed by atoms with Crippen LogP contribution in [-0.2, 0) is 6.42 Å². The Morgan fingerprint density at radius 3 is 1.15 bits per heavy atom. The average Bonchev–Trinajstić information content (AvgIpc) is 2.56. The van der Waals surface area contributed by atoms with Gasteiger partial charge in [0.15, 0.2) is 0 Å². The summed E-state index contributed by atoms with van der Waals surface area (Å²) >= 11 is 0. The van der Waals surface area contributed by atoms with Gasteiger partial charge in [0.2, 0.25) is 0 Å². The predicted octanol–water partition coefficient (Wildman–Crippen LogP) is 7.18. The first-order valence-electron chi connectivity index (χ1n) is 10.2. The molecule has 0 atom stereocenters. The first kappa shape index (κ1) is 21.3. The molecular weight excluding hydrogens is 332 g/mol. The Labute approximate surface area is 165 Å². The Kier molecular flexibility index (Phi) is 6.62. The molecule has 0 aromatic heterocycles. The Morgan fingerprint density at radius 1 is 0.556 bits per heavy atom. The zero-order valence-electron chi connectivity index (χ0n) is 18.2. The second kappa shape index (κ2) is 8.37. The number of phenolic OH excluding ortho intramolecular Hbond substituents is 2. The van der Waals surface area contributed by atoms with Crippen molar-refractivity contribution >= 4 is 0 Å². The van der Waals surface area contributed by atoms with Crippen LogP contribution in [0.2, 0.25) is 0 Å². The molecule has 2 heteroatoms. The molecule has 0 bridgehead atoms. The lowest BCUT2D eigenvalue weighted by atomic mass is 9.84. The molecule has 2 nitrogen and oxygen atoms in total. The molecule has 2 aromatic carbocycles. The Morgan fingerprint density at radius 2 is 0.889 bits per heavy atom. The summed E-state index contributed by atoms with van der Waals surface area (Å²) in [5, 5.41) is 21.6. The molecular formula is C25H36O2. The van der Waals surface area contributed by atoms with Crippen molar-refractivity contribution in [2.75, 3.05) is 0 Å². The summed E-state index contributed by atoms with van der Waals surface area (Å²) in [6.45, 7) is 17.2. The highest BCUT2D eigenvalue weighted by atomic mass is 16.3. The van der Waals surface area contributed by atoms with E-state index >= 15 is 0 Å². The summed E-state index contributed by atoms with van der Waals surface area (Å²) in [5.74, 6) is 2.03. The molecule has 148 valence electrons. The number of benzene rings is 2. The van der Waals surface area contributed by atoms with Crippen LogP contribution in [0.1, 0.15) is 112 Å². The van der Waals surface area contributed by atoms with Gasteiger partial charge in [-0.1, -0.05) is 67.5 Å². The normalized spacial score (nSPS) is 12.0. The van der Waals surface area contributed by atoms with Gasteiger partial charge in [-0.05, 0) is 58.1 Å². The largest absolute Gasteiger partial charge is 0.508 e. The minimum absolute atomic E-state index is 0.309. The van der Waals surface area contributed by atoms with Crippen LogP contribution in [0.15, 0.2) is 24.3 Å². The highest BCUT2D eigenvalue weighted by Crippen LogP contribution is 2.38. The monoisotopic (exact) mass is 368 g/mol. The summed E-state index contributed by atoms with van der Waals surface area (Å²) < 4.78 is 0. The first-order chi connectivity index (χ1) is 12.5. The van der Waals surface area contributed by atoms with Crippen LogP contribution >= 0.6 is 0 Å². The van der Waals surface area contributed by atoms with Gasteiger partial charge >= 0.3 is 0 Å². The van der Waals surface area contributed by atoms with E-state index < -0.39 is 0 Å². The Balaban J connectivity index is 2.63. The number of hydrogen-bond donors (Lipinski definition) is 2. The molecule has 0 aliphatic heterocycles. The van der Waals surface area contributed by atoms with Crippen molar-refractivity contribution in [2.24, 2.45) is 0 Å². The van der Waals surface area contributed by atoms with Gasteiger partial charge in [0.1, 0.15) is 11.5 Å². The standard InChI is InChI=1S/C25H36O2/c1-14(2)18-9-20(16(5)6)22(24(26)11-18)13-23-21(17(7)8)10-19(15(3)4)12-25(23)27/h9-12,14-17,26-27H,13H2,1-8H3. The fourth-order valence-corrected chi connectivity index (χ4v) is 3.66. The maximum atomic E-state index is 10.8. The number of phenols is 2. The highest BCUT2D eigenvalue weighted by Gasteiger charge is 2.20. The van der Waals surface area contributed by atoms with Crippen LogP contribution in [0, 0.1) is 0 Å². The van der Waals surface area contributed by atoms with Crippen LogP contribution in [0.25, 0.3) is 0 Å². The lowest BCUT2D eigenvalue weighted by molar-refractivity contribution is 0.459. The minimum atomic E-state index is 0.309. The van der Waals surface area contributed by atoms with Crippen LogP contribution in [0.4, 0.5) is 0 Å². The SMILES string of the molecule is CC(C)c1cc(O)c(Cc2c(O)cc(C(C)C)cc2C(C)C)c(C(C)C)c1. The zero-order chi connectivity index (χ0) is 20.5. The zero-order valence-corrected chi connectivity index (χ0v) is 18.2. The fraction of sp³-hybridized carbons (Fsp3) is 0.520. The van der Waals surface area contributed by atoms with E-state index in [0.29, 0.717) is 41.6 Å². The molecule has 0 radical (unpaired) electrons. The summed E-state index contributed by atoms with van der Waals surface area (Å²) in [6.07, 6.45) is 0.551. The van der Waals surface area contributed by atoms with Crippen LogP contribution in [0.5, 0.6) is 11.5 Å². The highest BCUT2D eigenvalue weighted by molar-refractivity contribution is 5.53. The smallest absolute Gasteiger partial charge is 0.119 e. The number of hydrogen-bond acceptors (Lipinski definition) is 2. The number of rotatable bonds is 6. The second-order valence-corrected chi connectivity index (χ2v) is 9.01. The van der Waals surface area contributed by atoms with E-state index in [2.05, 4.69) is 67.5 Å². The first-order valence-corrected chi connectivity index (χ1v) is 10.2. The third kappa shape index (κ3) is 4.66. The molecule has 0 fully saturated rings. The molecule has 0 amide bonds. The van der Waals surface area contributed by atoms with Gasteiger partial charge < -0.3 is 10.2 Å². The van der Waals surface area contributed by atoms with Crippen LogP contribution in [-0.4, -0.2) is 10.2 Å². The fourth-order valence-electron chi connectivity index (χ4n) is 3.66. The van der Waals surface area contributed by atoms with Crippen molar-refractivity contribution in [1.82, 2.24) is 0 Å². The second-order valence-electron chi connectivity index (χ2n) is 9.01. The van der Waals surface area contributed by atoms with E-state index in [1.165, 1.54) is 11.1 Å². The molecule has 27 heavy (non-hydrogen) atoms. The summed E-state index contributed by atoms with van der Waals surface area (Å²) in [5.41, 5.74) is 6.51. The summed E-state index contributed by atoms with van der Waals surface area (Å²) in [4.78, 5) is 0. The Hall–Kier alpha value is -1.96. The van der Waals surface area contributed by atoms with Crippen LogP contribution < -0.4 is 0 Å². The van der Waals surface area contributed by atoms with Gasteiger partial charge in [-0.25, -0.2) is 0 Å². The molecule has 2 rings (SSSR count). The maximum absolute atomic E-state index is 10.8. The molecule has 0 spiro atoms. The third-order valence-corrected chi connectivity index (χ3v) is 5.50. The van der Waals surface area contributed by atoms with Crippen molar-refractivity contribution in [3.8, 4) is 11.5 Å². The predicted molar refractivity (Wildman–Crippen MR) is 115 cm³/mol. The van der Waals surface area contributed by atoms with Gasteiger partial charge in [0, 0.05) is 17.5 Å². The number of aromatic hydroxyl groups is 2. The van der Waals surface area contributed by atoms with Gasteiger partial charge in [-0.3, -0.25) is 0 Å². The summed E-state index contributed by atoms with van der Waals surface area (Å²) in [7, 11) is 0. The van der Waals surface area contributed by atoms with Crippen molar-refractivity contribution in [3.63, 3.8) is 0 Å². The van der Waals surface area contributed by atoms with Gasteiger partial charge in [-0.2, -0.15) is 0 Å². The van der Waals surface area contributed by atoms with Crippen molar-refractivity contribution < 1.29 is 10.2 Å². The molecule has 0 aliphatic carbocycles. The summed E-state index contributed by atoms with van der Waals surface area (Å²) in [6, 6.07) is 8.22. The van der Waals surface area contributed by atoms with E-state index in [-0.39, 0.29) is 0 Å². The van der Waals surface area contributed by atoms with Gasteiger partial charge in [-0.15, -0.1) is 0 Å². The van der Waals surface area contributed by atoms with Gasteiger partial charge in [0.25, 0.3) is 0 Å².